The lowest BCUT2D eigenvalue weighted by Crippen LogP contribution is -2.17. The van der Waals surface area contributed by atoms with Gasteiger partial charge in [-0.1, -0.05) is 285 Å². The van der Waals surface area contributed by atoms with E-state index in [0.717, 1.165) is 59.8 Å². The molecule has 430 valence electrons. The van der Waals surface area contributed by atoms with Gasteiger partial charge in [0.25, 0.3) is 0 Å². The second-order valence-electron chi connectivity index (χ2n) is 23.3. The van der Waals surface area contributed by atoms with Crippen LogP contribution in [0.5, 0.6) is 0 Å². The minimum Gasteiger partial charge on any atom is -0.309 e. The fraction of sp³-hybridized carbons (Fsp3) is 0.214. The second kappa shape index (κ2) is 29.7. The summed E-state index contributed by atoms with van der Waals surface area (Å²) in [6.07, 6.45) is 17.6. The molecule has 11 aromatic rings. The maximum Gasteiger partial charge on any atom is 0.0618 e. The van der Waals surface area contributed by atoms with Crippen LogP contribution in [0.25, 0.3) is 66.8 Å². The number of rotatable bonds is 27. The van der Waals surface area contributed by atoms with Crippen molar-refractivity contribution in [3.05, 3.63) is 290 Å². The van der Waals surface area contributed by atoms with Gasteiger partial charge in [-0.25, -0.2) is 0 Å². The van der Waals surface area contributed by atoms with Gasteiger partial charge in [-0.15, -0.1) is 0 Å². The molecule has 0 bridgehead atoms. The fourth-order valence-corrected chi connectivity index (χ4v) is 12.5. The number of unbranched alkanes of at least 4 members (excludes halogenated alkanes) is 9. The van der Waals surface area contributed by atoms with Crippen LogP contribution in [-0.2, 0) is 19.3 Å². The van der Waals surface area contributed by atoms with Crippen molar-refractivity contribution in [3.63, 3.8) is 0 Å². The highest BCUT2D eigenvalue weighted by Crippen LogP contribution is 2.53. The highest BCUT2D eigenvalue weighted by Gasteiger charge is 2.28. The first-order chi connectivity index (χ1) is 42.6. The Kier molecular flexibility index (Phi) is 20.3. The molecular formula is C84H84N2. The van der Waals surface area contributed by atoms with Gasteiger partial charge in [-0.3, -0.25) is 0 Å². The first kappa shape index (κ1) is 58.8. The van der Waals surface area contributed by atoms with Gasteiger partial charge in [-0.2, -0.15) is 0 Å². The van der Waals surface area contributed by atoms with Crippen molar-refractivity contribution in [1.29, 1.82) is 0 Å². The number of aryl methyl sites for hydroxylation is 3. The molecule has 0 saturated carbocycles. The Morgan fingerprint density at radius 2 is 0.477 bits per heavy atom. The van der Waals surface area contributed by atoms with Gasteiger partial charge in [0.05, 0.1) is 11.4 Å². The summed E-state index contributed by atoms with van der Waals surface area (Å²) in [7, 11) is 0. The van der Waals surface area contributed by atoms with E-state index in [9.17, 15) is 0 Å². The summed E-state index contributed by atoms with van der Waals surface area (Å²) in [6.45, 7) is 6.91. The fourth-order valence-electron chi connectivity index (χ4n) is 12.5. The van der Waals surface area contributed by atoms with Crippen molar-refractivity contribution in [2.45, 2.75) is 117 Å². The largest absolute Gasteiger partial charge is 0.309 e. The Morgan fingerprint density at radius 1 is 0.209 bits per heavy atom. The molecule has 0 amide bonds. The third-order valence-electron chi connectivity index (χ3n) is 17.0. The molecule has 0 atom stereocenters. The molecule has 0 spiro atoms. The first-order valence-corrected chi connectivity index (χ1v) is 32.2. The molecule has 11 aromatic carbocycles. The number of nitrogens with zero attached hydrogens (tertiary/aromatic N) is 2. The van der Waals surface area contributed by atoms with E-state index in [1.165, 1.54) is 154 Å². The van der Waals surface area contributed by atoms with Crippen molar-refractivity contribution < 1.29 is 0 Å². The first-order valence-electron chi connectivity index (χ1n) is 32.2. The van der Waals surface area contributed by atoms with Gasteiger partial charge >= 0.3 is 0 Å². The molecule has 0 heterocycles. The van der Waals surface area contributed by atoms with E-state index in [1.807, 2.05) is 0 Å². The molecule has 0 aliphatic carbocycles. The van der Waals surface area contributed by atoms with Crippen molar-refractivity contribution in [1.82, 2.24) is 0 Å². The van der Waals surface area contributed by atoms with Crippen LogP contribution in [0.4, 0.5) is 34.1 Å². The predicted octanol–water partition coefficient (Wildman–Crippen LogP) is 25.0. The van der Waals surface area contributed by atoms with E-state index in [1.54, 1.807) is 0 Å². The lowest BCUT2D eigenvalue weighted by Gasteiger charge is -2.34. The molecular weight excluding hydrogens is 1040 g/mol. The molecule has 0 aliphatic rings. The minimum atomic E-state index is 0.948. The average Bonchev–Trinajstić information content (AvgIpc) is 1.78. The van der Waals surface area contributed by atoms with Crippen LogP contribution in [0.1, 0.15) is 115 Å². The molecule has 2 heteroatoms. The third kappa shape index (κ3) is 14.4. The quantitative estimate of drug-likeness (QED) is 0.0474. The third-order valence-corrected chi connectivity index (χ3v) is 17.0. The SMILES string of the molecule is CCCCCCc1ccc(N(c2cc(CCCCCC)cc(N(c3ccc(CCCCCC)cc3)c3c(-c4ccccc4)cc(-c4ccccc4)cc3-c3ccccc3)c2)c2c(-c3ccccc3)cc(-c3ccccc3)cc2-c2ccccc2)cc1. The van der Waals surface area contributed by atoms with Crippen molar-refractivity contribution in [3.8, 4) is 66.8 Å². The summed E-state index contributed by atoms with van der Waals surface area (Å²) in [5, 5.41) is 0. The van der Waals surface area contributed by atoms with Gasteiger partial charge < -0.3 is 9.80 Å². The summed E-state index contributed by atoms with van der Waals surface area (Å²) >= 11 is 0. The van der Waals surface area contributed by atoms with E-state index in [4.69, 9.17) is 0 Å². The summed E-state index contributed by atoms with van der Waals surface area (Å²) in [5.41, 5.74) is 24.9. The maximum absolute atomic E-state index is 2.62. The van der Waals surface area contributed by atoms with Gasteiger partial charge in [0.1, 0.15) is 0 Å². The average molecular weight is 1120 g/mol. The van der Waals surface area contributed by atoms with Crippen LogP contribution in [-0.4, -0.2) is 0 Å². The van der Waals surface area contributed by atoms with Crippen LogP contribution in [0.3, 0.4) is 0 Å². The number of hydrogen-bond donors (Lipinski definition) is 0. The Balaban J connectivity index is 1.24. The van der Waals surface area contributed by atoms with Crippen LogP contribution in [0.15, 0.2) is 273 Å². The number of anilines is 6. The molecule has 86 heavy (non-hydrogen) atoms. The monoisotopic (exact) mass is 1120 g/mol. The molecule has 0 saturated heterocycles. The molecule has 0 aliphatic heterocycles. The zero-order chi connectivity index (χ0) is 58.7. The summed E-state index contributed by atoms with van der Waals surface area (Å²) in [6, 6.07) is 103. The van der Waals surface area contributed by atoms with Crippen molar-refractivity contribution >= 4 is 34.1 Å². The zero-order valence-electron chi connectivity index (χ0n) is 51.0. The number of hydrogen-bond acceptors (Lipinski definition) is 2. The smallest absolute Gasteiger partial charge is 0.0618 e. The lowest BCUT2D eigenvalue weighted by atomic mass is 9.89. The summed E-state index contributed by atoms with van der Waals surface area (Å²) < 4.78 is 0. The minimum absolute atomic E-state index is 0.948. The Bertz CT molecular complexity index is 3470. The number of benzene rings is 11. The van der Waals surface area contributed by atoms with E-state index in [-0.39, 0.29) is 0 Å². The van der Waals surface area contributed by atoms with Gasteiger partial charge in [0, 0.05) is 45.0 Å². The van der Waals surface area contributed by atoms with Crippen LogP contribution >= 0.6 is 0 Å². The van der Waals surface area contributed by atoms with E-state index < -0.39 is 0 Å². The Hall–Kier alpha value is -8.98. The standard InChI is InChI=1S/C84H84N2/c1-4-7-10-19-34-64-49-53-75(54-50-64)85(83-79(69-41-26-15-27-42-69)59-73(67-37-22-13-23-38-67)60-80(83)70-43-28-16-29-44-70)77-57-66(36-21-12-9-6-3)58-78(63-77)86(76-55-51-65(52-56-76)35-20-11-8-5-2)84-81(71-45-30-17-31-46-71)61-74(68-39-24-14-25-40-68)62-82(84)72-47-32-18-33-48-72/h13-18,22-33,37-63H,4-12,19-21,34-36H2,1-3H3. The van der Waals surface area contributed by atoms with Crippen LogP contribution in [0.2, 0.25) is 0 Å². The van der Waals surface area contributed by atoms with Gasteiger partial charge in [0.2, 0.25) is 0 Å². The Morgan fingerprint density at radius 3 is 0.756 bits per heavy atom. The predicted molar refractivity (Wildman–Crippen MR) is 372 cm³/mol. The summed E-state index contributed by atoms with van der Waals surface area (Å²) in [5.74, 6) is 0. The topological polar surface area (TPSA) is 6.48 Å². The van der Waals surface area contributed by atoms with E-state index in [0.29, 0.717) is 0 Å². The van der Waals surface area contributed by atoms with E-state index >= 15 is 0 Å². The molecule has 0 aromatic heterocycles. The molecule has 0 unspecified atom stereocenters. The second-order valence-corrected chi connectivity index (χ2v) is 23.3. The molecule has 2 nitrogen and oxygen atoms in total. The molecule has 0 N–H and O–H groups in total. The normalized spacial score (nSPS) is 11.2. The molecule has 11 rings (SSSR count). The van der Waals surface area contributed by atoms with Crippen molar-refractivity contribution in [2.24, 2.45) is 0 Å². The van der Waals surface area contributed by atoms with E-state index in [2.05, 4.69) is 304 Å². The highest BCUT2D eigenvalue weighted by atomic mass is 15.2. The zero-order valence-corrected chi connectivity index (χ0v) is 51.0. The van der Waals surface area contributed by atoms with Crippen LogP contribution in [0, 0.1) is 0 Å². The summed E-state index contributed by atoms with van der Waals surface area (Å²) in [4.78, 5) is 5.23. The lowest BCUT2D eigenvalue weighted by molar-refractivity contribution is 0.667. The highest BCUT2D eigenvalue weighted by molar-refractivity contribution is 6.03. The molecule has 0 radical (unpaired) electrons. The van der Waals surface area contributed by atoms with Crippen LogP contribution < -0.4 is 9.80 Å². The van der Waals surface area contributed by atoms with Gasteiger partial charge in [-0.05, 0) is 166 Å². The maximum atomic E-state index is 2.62. The molecule has 0 fully saturated rings. The Labute approximate surface area is 514 Å². The van der Waals surface area contributed by atoms with Gasteiger partial charge in [0.15, 0.2) is 0 Å². The van der Waals surface area contributed by atoms with Crippen molar-refractivity contribution in [2.75, 3.05) is 9.80 Å².